The van der Waals surface area contributed by atoms with Gasteiger partial charge in [0.05, 0.1) is 12.7 Å². The SMILES string of the molecule is CCOC(=O)C(C#N)C[C@@H]1CC[C@H]2C[C@@H]1C2(C)C. The van der Waals surface area contributed by atoms with Crippen LogP contribution in [0.4, 0.5) is 0 Å². The maximum atomic E-state index is 11.7. The molecule has 0 aromatic heterocycles. The van der Waals surface area contributed by atoms with Crippen LogP contribution in [0.3, 0.4) is 0 Å². The van der Waals surface area contributed by atoms with E-state index in [0.717, 1.165) is 5.92 Å². The maximum absolute atomic E-state index is 11.7. The molecule has 0 heterocycles. The summed E-state index contributed by atoms with van der Waals surface area (Å²) >= 11 is 0. The van der Waals surface area contributed by atoms with Gasteiger partial charge in [-0.1, -0.05) is 13.8 Å². The van der Waals surface area contributed by atoms with E-state index < -0.39 is 5.92 Å². The average Bonchev–Trinajstić information content (AvgIpc) is 2.36. The molecule has 4 atom stereocenters. The number of carbonyl (C=O) groups is 1. The van der Waals surface area contributed by atoms with Crippen molar-refractivity contribution >= 4 is 5.97 Å². The largest absolute Gasteiger partial charge is 0.465 e. The summed E-state index contributed by atoms with van der Waals surface area (Å²) in [7, 11) is 0. The molecule has 2 bridgehead atoms. The van der Waals surface area contributed by atoms with E-state index in [0.29, 0.717) is 30.3 Å². The van der Waals surface area contributed by atoms with Gasteiger partial charge in [0.25, 0.3) is 0 Å². The molecule has 0 N–H and O–H groups in total. The molecule has 100 valence electrons. The fraction of sp³-hybridized carbons (Fsp3) is 0.867. The van der Waals surface area contributed by atoms with Gasteiger partial charge in [0.1, 0.15) is 5.92 Å². The molecule has 3 fully saturated rings. The van der Waals surface area contributed by atoms with Crippen molar-refractivity contribution in [1.82, 2.24) is 0 Å². The number of carbonyl (C=O) groups excluding carboxylic acids is 1. The van der Waals surface area contributed by atoms with Crippen molar-refractivity contribution in [1.29, 1.82) is 5.26 Å². The molecule has 0 amide bonds. The predicted molar refractivity (Wildman–Crippen MR) is 68.5 cm³/mol. The molecule has 0 saturated heterocycles. The molecule has 3 aliphatic rings. The highest BCUT2D eigenvalue weighted by Crippen LogP contribution is 2.62. The summed E-state index contributed by atoms with van der Waals surface area (Å²) in [4.78, 5) is 11.7. The van der Waals surface area contributed by atoms with Crippen LogP contribution in [0.1, 0.15) is 46.5 Å². The van der Waals surface area contributed by atoms with Crippen molar-refractivity contribution in [3.8, 4) is 6.07 Å². The zero-order chi connectivity index (χ0) is 13.3. The van der Waals surface area contributed by atoms with Gasteiger partial charge in [-0.2, -0.15) is 5.26 Å². The van der Waals surface area contributed by atoms with Crippen LogP contribution in [-0.2, 0) is 9.53 Å². The molecule has 1 unspecified atom stereocenters. The number of hydrogen-bond donors (Lipinski definition) is 0. The van der Waals surface area contributed by atoms with Crippen LogP contribution in [-0.4, -0.2) is 12.6 Å². The molecule has 0 spiro atoms. The lowest BCUT2D eigenvalue weighted by Gasteiger charge is -2.60. The molecule has 3 nitrogen and oxygen atoms in total. The van der Waals surface area contributed by atoms with E-state index in [1.165, 1.54) is 19.3 Å². The van der Waals surface area contributed by atoms with Crippen LogP contribution >= 0.6 is 0 Å². The predicted octanol–water partition coefficient (Wildman–Crippen LogP) is 3.15. The quantitative estimate of drug-likeness (QED) is 0.719. The lowest BCUT2D eigenvalue weighted by Crippen LogP contribution is -2.52. The Labute approximate surface area is 110 Å². The van der Waals surface area contributed by atoms with Crippen molar-refractivity contribution in [3.63, 3.8) is 0 Å². The molecular formula is C15H23NO2. The molecular weight excluding hydrogens is 226 g/mol. The van der Waals surface area contributed by atoms with E-state index in [4.69, 9.17) is 10.00 Å². The fourth-order valence-corrected chi connectivity index (χ4v) is 3.99. The monoisotopic (exact) mass is 249 g/mol. The Balaban J connectivity index is 1.96. The van der Waals surface area contributed by atoms with Crippen molar-refractivity contribution in [2.45, 2.75) is 46.5 Å². The molecule has 0 radical (unpaired) electrons. The van der Waals surface area contributed by atoms with E-state index in [2.05, 4.69) is 19.9 Å². The number of esters is 1. The van der Waals surface area contributed by atoms with E-state index in [9.17, 15) is 4.79 Å². The molecule has 18 heavy (non-hydrogen) atoms. The number of nitrogens with zero attached hydrogens (tertiary/aromatic N) is 1. The highest BCUT2D eigenvalue weighted by atomic mass is 16.5. The highest BCUT2D eigenvalue weighted by Gasteiger charge is 2.54. The van der Waals surface area contributed by atoms with Crippen LogP contribution in [0.2, 0.25) is 0 Å². The van der Waals surface area contributed by atoms with E-state index in [1.807, 2.05) is 0 Å². The Kier molecular flexibility index (Phi) is 3.66. The molecule has 0 aliphatic heterocycles. The Bertz CT molecular complexity index is 367. The van der Waals surface area contributed by atoms with Crippen LogP contribution in [0.15, 0.2) is 0 Å². The number of hydrogen-bond acceptors (Lipinski definition) is 3. The van der Waals surface area contributed by atoms with Crippen molar-refractivity contribution in [3.05, 3.63) is 0 Å². The van der Waals surface area contributed by atoms with E-state index >= 15 is 0 Å². The Morgan fingerprint density at radius 1 is 1.50 bits per heavy atom. The Morgan fingerprint density at radius 3 is 2.72 bits per heavy atom. The first-order chi connectivity index (χ1) is 8.50. The number of nitriles is 1. The first-order valence-corrected chi connectivity index (χ1v) is 7.07. The summed E-state index contributed by atoms with van der Waals surface area (Å²) in [6.45, 7) is 6.82. The third-order valence-corrected chi connectivity index (χ3v) is 5.27. The zero-order valence-corrected chi connectivity index (χ0v) is 11.6. The summed E-state index contributed by atoms with van der Waals surface area (Å²) in [6, 6.07) is 2.12. The average molecular weight is 249 g/mol. The van der Waals surface area contributed by atoms with Gasteiger partial charge in [0, 0.05) is 0 Å². The standard InChI is InChI=1S/C15H23NO2/c1-4-18-14(17)11(9-16)7-10-5-6-12-8-13(10)15(12,2)3/h10-13H,4-8H2,1-3H3/t10-,11?,12-,13-/m0/s1. The van der Waals surface area contributed by atoms with Crippen molar-refractivity contribution in [2.24, 2.45) is 29.1 Å². The number of rotatable bonds is 4. The molecule has 0 aromatic carbocycles. The molecule has 0 aromatic rings. The summed E-state index contributed by atoms with van der Waals surface area (Å²) in [5, 5.41) is 9.13. The summed E-state index contributed by atoms with van der Waals surface area (Å²) in [6.07, 6.45) is 4.42. The van der Waals surface area contributed by atoms with Gasteiger partial charge in [-0.15, -0.1) is 0 Å². The number of fused-ring (bicyclic) bond motifs is 2. The molecule has 3 rings (SSSR count). The van der Waals surface area contributed by atoms with Gasteiger partial charge < -0.3 is 4.74 Å². The van der Waals surface area contributed by atoms with Crippen LogP contribution in [0, 0.1) is 40.4 Å². The fourth-order valence-electron chi connectivity index (χ4n) is 3.99. The van der Waals surface area contributed by atoms with Gasteiger partial charge in [0.2, 0.25) is 0 Å². The lowest BCUT2D eigenvalue weighted by molar-refractivity contribution is -0.149. The van der Waals surface area contributed by atoms with Crippen LogP contribution in [0.5, 0.6) is 0 Å². The van der Waals surface area contributed by atoms with Gasteiger partial charge in [-0.25, -0.2) is 0 Å². The van der Waals surface area contributed by atoms with Gasteiger partial charge in [-0.3, -0.25) is 4.79 Å². The van der Waals surface area contributed by atoms with Gasteiger partial charge in [-0.05, 0) is 55.8 Å². The minimum Gasteiger partial charge on any atom is -0.465 e. The molecule has 3 aliphatic carbocycles. The summed E-state index contributed by atoms with van der Waals surface area (Å²) < 4.78 is 4.98. The minimum atomic E-state index is -0.567. The third kappa shape index (κ3) is 2.13. The van der Waals surface area contributed by atoms with Gasteiger partial charge in [0.15, 0.2) is 0 Å². The van der Waals surface area contributed by atoms with Crippen molar-refractivity contribution < 1.29 is 9.53 Å². The second-order valence-electron chi connectivity index (χ2n) is 6.37. The maximum Gasteiger partial charge on any atom is 0.323 e. The first kappa shape index (κ1) is 13.4. The topological polar surface area (TPSA) is 50.1 Å². The summed E-state index contributed by atoms with van der Waals surface area (Å²) in [5.41, 5.74) is 0.414. The Morgan fingerprint density at radius 2 is 2.22 bits per heavy atom. The minimum absolute atomic E-state index is 0.334. The smallest absolute Gasteiger partial charge is 0.323 e. The van der Waals surface area contributed by atoms with Crippen molar-refractivity contribution in [2.75, 3.05) is 6.61 Å². The molecule has 3 saturated carbocycles. The van der Waals surface area contributed by atoms with Crippen LogP contribution < -0.4 is 0 Å². The normalized spacial score (nSPS) is 34.0. The summed E-state index contributed by atoms with van der Waals surface area (Å²) in [5.74, 6) is 1.18. The Hall–Kier alpha value is -1.04. The van der Waals surface area contributed by atoms with Crippen LogP contribution in [0.25, 0.3) is 0 Å². The second kappa shape index (κ2) is 4.91. The highest BCUT2D eigenvalue weighted by molar-refractivity contribution is 5.75. The van der Waals surface area contributed by atoms with E-state index in [-0.39, 0.29) is 5.97 Å². The zero-order valence-electron chi connectivity index (χ0n) is 11.6. The third-order valence-electron chi connectivity index (χ3n) is 5.27. The van der Waals surface area contributed by atoms with Gasteiger partial charge >= 0.3 is 5.97 Å². The lowest BCUT2D eigenvalue weighted by atomic mass is 9.45. The molecule has 3 heteroatoms. The van der Waals surface area contributed by atoms with E-state index in [1.54, 1.807) is 6.92 Å². The number of ether oxygens (including phenoxy) is 1. The first-order valence-electron chi connectivity index (χ1n) is 7.07. The second-order valence-corrected chi connectivity index (χ2v) is 6.37.